The lowest BCUT2D eigenvalue weighted by atomic mass is 9.87. The van der Waals surface area contributed by atoms with Gasteiger partial charge in [-0.15, -0.1) is 0 Å². The maximum absolute atomic E-state index is 14.4. The smallest absolute Gasteiger partial charge is 0.384 e. The monoisotopic (exact) mass is 874 g/mol. The first-order chi connectivity index (χ1) is 19.3. The van der Waals surface area contributed by atoms with E-state index in [-0.39, 0.29) is 25.9 Å². The second-order valence-electron chi connectivity index (χ2n) is 9.62. The predicted octanol–water partition coefficient (Wildman–Crippen LogP) is 9.40. The number of rotatable bonds is 18. The van der Waals surface area contributed by atoms with Crippen LogP contribution in [0.15, 0.2) is 24.3 Å². The molecular formula is C25H28F12I2O4. The van der Waals surface area contributed by atoms with Crippen LogP contribution in [0.25, 0.3) is 0 Å². The molecule has 2 unspecified atom stereocenters. The fraction of sp³-hybridized carbons (Fsp3) is 0.720. The molecule has 0 amide bonds. The Kier molecular flexibility index (Phi) is 13.5. The molecule has 1 rings (SSSR count). The molecule has 0 aliphatic carbocycles. The Morgan fingerprint density at radius 2 is 1.21 bits per heavy atom. The zero-order chi connectivity index (χ0) is 33.7. The molecule has 0 heterocycles. The number of ether oxygens (including phenoxy) is 3. The highest BCUT2D eigenvalue weighted by Crippen LogP contribution is 2.62. The highest BCUT2D eigenvalue weighted by Gasteiger charge is 2.90. The lowest BCUT2D eigenvalue weighted by molar-refractivity contribution is -0.425. The number of halogens is 14. The van der Waals surface area contributed by atoms with E-state index < -0.39 is 61.7 Å². The zero-order valence-corrected chi connectivity index (χ0v) is 27.1. The molecule has 0 bridgehead atoms. The molecule has 250 valence electrons. The van der Waals surface area contributed by atoms with Gasteiger partial charge in [0.15, 0.2) is 0 Å². The summed E-state index contributed by atoms with van der Waals surface area (Å²) >= 11 is 1.95. The first kappa shape index (κ1) is 39.9. The maximum Gasteiger partial charge on any atom is 0.384 e. The van der Waals surface area contributed by atoms with Crippen molar-refractivity contribution in [1.29, 1.82) is 0 Å². The second-order valence-corrected chi connectivity index (χ2v) is 13.8. The number of benzene rings is 1. The number of alkyl halides is 14. The standard InChI is InChI=1S/C25H28F12I2O4/c1-4-42-16-8-10-17(11-9-16)43-12-6-5-7-15(38)13-20(26,27)22(30,31)24(34,35)25(36,37)23(32,33)21(28,29)14-19(2,39)18(40)41-3/h8-11,15H,4-7,12-14H2,1-3H3. The van der Waals surface area contributed by atoms with Crippen molar-refractivity contribution in [3.05, 3.63) is 24.3 Å². The molecule has 0 radical (unpaired) electrons. The van der Waals surface area contributed by atoms with Gasteiger partial charge in [-0.05, 0) is 57.4 Å². The molecule has 1 aromatic carbocycles. The van der Waals surface area contributed by atoms with E-state index in [1.807, 2.05) is 0 Å². The summed E-state index contributed by atoms with van der Waals surface area (Å²) in [7, 11) is 0.610. The van der Waals surface area contributed by atoms with Gasteiger partial charge >= 0.3 is 41.5 Å². The lowest BCUT2D eigenvalue weighted by Crippen LogP contribution is -2.71. The molecule has 0 aliphatic rings. The lowest BCUT2D eigenvalue weighted by Gasteiger charge is -2.42. The van der Waals surface area contributed by atoms with Gasteiger partial charge in [-0.2, -0.15) is 52.7 Å². The van der Waals surface area contributed by atoms with Gasteiger partial charge in [0.1, 0.15) is 14.9 Å². The Morgan fingerprint density at radius 1 is 0.767 bits per heavy atom. The molecule has 4 nitrogen and oxygen atoms in total. The number of hydrogen-bond acceptors (Lipinski definition) is 4. The van der Waals surface area contributed by atoms with Gasteiger partial charge in [0, 0.05) is 16.8 Å². The Labute approximate surface area is 266 Å². The van der Waals surface area contributed by atoms with Crippen LogP contribution >= 0.6 is 45.2 Å². The fourth-order valence-electron chi connectivity index (χ4n) is 3.63. The van der Waals surface area contributed by atoms with Gasteiger partial charge in [-0.3, -0.25) is 4.79 Å². The van der Waals surface area contributed by atoms with Crippen LogP contribution in [0.5, 0.6) is 11.5 Å². The van der Waals surface area contributed by atoms with Crippen LogP contribution in [-0.2, 0) is 9.53 Å². The van der Waals surface area contributed by atoms with Gasteiger partial charge in [-0.1, -0.05) is 45.2 Å². The van der Waals surface area contributed by atoms with Crippen molar-refractivity contribution in [2.45, 2.75) is 88.8 Å². The van der Waals surface area contributed by atoms with Crippen molar-refractivity contribution in [2.24, 2.45) is 0 Å². The van der Waals surface area contributed by atoms with E-state index in [9.17, 15) is 57.5 Å². The Hall–Kier alpha value is -1.09. The summed E-state index contributed by atoms with van der Waals surface area (Å²) in [4.78, 5) is 11.5. The van der Waals surface area contributed by atoms with Gasteiger partial charge < -0.3 is 14.2 Å². The highest BCUT2D eigenvalue weighted by atomic mass is 127. The molecule has 18 heteroatoms. The van der Waals surface area contributed by atoms with Crippen molar-refractivity contribution in [3.8, 4) is 11.5 Å². The third-order valence-corrected chi connectivity index (χ3v) is 7.94. The first-order valence-corrected chi connectivity index (χ1v) is 14.7. The van der Waals surface area contributed by atoms with Crippen molar-refractivity contribution in [1.82, 2.24) is 0 Å². The summed E-state index contributed by atoms with van der Waals surface area (Å²) in [6, 6.07) is 6.37. The van der Waals surface area contributed by atoms with Crippen molar-refractivity contribution in [3.63, 3.8) is 0 Å². The summed E-state index contributed by atoms with van der Waals surface area (Å²) in [5.74, 6) is -42.8. The number of carbonyl (C=O) groups excluding carboxylic acids is 1. The van der Waals surface area contributed by atoms with E-state index in [1.54, 1.807) is 31.2 Å². The molecule has 43 heavy (non-hydrogen) atoms. The highest BCUT2D eigenvalue weighted by molar-refractivity contribution is 14.1. The number of esters is 1. The Morgan fingerprint density at radius 3 is 1.65 bits per heavy atom. The molecular weight excluding hydrogens is 846 g/mol. The minimum atomic E-state index is -7.70. The van der Waals surface area contributed by atoms with Crippen LogP contribution in [0.1, 0.15) is 46.0 Å². The van der Waals surface area contributed by atoms with E-state index in [1.165, 1.54) is 22.6 Å². The Bertz CT molecular complexity index is 1050. The predicted molar refractivity (Wildman–Crippen MR) is 148 cm³/mol. The molecule has 0 saturated heterocycles. The average Bonchev–Trinajstić information content (AvgIpc) is 2.87. The zero-order valence-electron chi connectivity index (χ0n) is 22.8. The summed E-state index contributed by atoms with van der Waals surface area (Å²) < 4.78 is 182. The summed E-state index contributed by atoms with van der Waals surface area (Å²) in [5, 5.41) is 0. The number of methoxy groups -OCH3 is 1. The van der Waals surface area contributed by atoms with E-state index in [2.05, 4.69) is 4.74 Å². The van der Waals surface area contributed by atoms with Crippen LogP contribution < -0.4 is 9.47 Å². The first-order valence-electron chi connectivity index (χ1n) is 12.4. The van der Waals surface area contributed by atoms with Gasteiger partial charge in [0.2, 0.25) is 0 Å². The number of unbranched alkanes of at least 4 members (excludes halogenated alkanes) is 1. The van der Waals surface area contributed by atoms with Crippen LogP contribution in [-0.4, -0.2) is 69.2 Å². The van der Waals surface area contributed by atoms with E-state index >= 15 is 0 Å². The molecule has 1 aromatic rings. The second kappa shape index (κ2) is 14.6. The summed E-state index contributed by atoms with van der Waals surface area (Å²) in [6.07, 6.45) is -4.87. The molecule has 0 saturated carbocycles. The Balaban J connectivity index is 2.94. The van der Waals surface area contributed by atoms with Crippen molar-refractivity contribution >= 4 is 51.2 Å². The van der Waals surface area contributed by atoms with Crippen molar-refractivity contribution < 1.29 is 71.7 Å². The summed E-state index contributed by atoms with van der Waals surface area (Å²) in [6.45, 7) is 2.74. The van der Waals surface area contributed by atoms with Gasteiger partial charge in [0.05, 0.1) is 20.3 Å². The largest absolute Gasteiger partial charge is 0.494 e. The quantitative estimate of drug-likeness (QED) is 0.0485. The van der Waals surface area contributed by atoms with Crippen LogP contribution in [0.4, 0.5) is 52.7 Å². The molecule has 2 atom stereocenters. The van der Waals surface area contributed by atoms with Crippen LogP contribution in [0, 0.1) is 0 Å². The van der Waals surface area contributed by atoms with Gasteiger partial charge in [0.25, 0.3) is 0 Å². The normalized spacial score (nSPS) is 15.9. The van der Waals surface area contributed by atoms with Crippen LogP contribution in [0.2, 0.25) is 0 Å². The summed E-state index contributed by atoms with van der Waals surface area (Å²) in [5.41, 5.74) is 0. The number of hydrogen-bond donors (Lipinski definition) is 0. The third-order valence-electron chi connectivity index (χ3n) is 6.06. The fourth-order valence-corrected chi connectivity index (χ4v) is 5.32. The topological polar surface area (TPSA) is 44.8 Å². The minimum absolute atomic E-state index is 0.0262. The van der Waals surface area contributed by atoms with E-state index in [4.69, 9.17) is 9.47 Å². The van der Waals surface area contributed by atoms with Gasteiger partial charge in [-0.25, -0.2) is 0 Å². The maximum atomic E-state index is 14.4. The van der Waals surface area contributed by atoms with Crippen molar-refractivity contribution in [2.75, 3.05) is 20.3 Å². The van der Waals surface area contributed by atoms with E-state index in [0.717, 1.165) is 22.6 Å². The van der Waals surface area contributed by atoms with Crippen LogP contribution in [0.3, 0.4) is 0 Å². The molecule has 0 aliphatic heterocycles. The average molecular weight is 874 g/mol. The molecule has 0 fully saturated rings. The molecule has 0 aromatic heterocycles. The SMILES string of the molecule is CCOc1ccc(OCCCCC(I)CC(F)(F)C(F)(F)C(F)(F)C(F)(F)C(F)(F)C(F)(F)CC(C)(I)C(=O)OC)cc1. The minimum Gasteiger partial charge on any atom is -0.494 e. The third kappa shape index (κ3) is 8.80. The molecule has 0 N–H and O–H groups in total. The van der Waals surface area contributed by atoms with E-state index in [0.29, 0.717) is 32.1 Å². The molecule has 0 spiro atoms. The number of carbonyl (C=O) groups is 1.